The molecule has 4 heteroatoms. The number of aliphatic hydroxyl groups is 1. The second kappa shape index (κ2) is 5.82. The number of benzene rings is 1. The van der Waals surface area contributed by atoms with Crippen LogP contribution in [0.5, 0.6) is 5.75 Å². The molecule has 2 N–H and O–H groups in total. The van der Waals surface area contributed by atoms with Gasteiger partial charge in [0.2, 0.25) is 0 Å². The minimum absolute atomic E-state index is 0.000279. The Morgan fingerprint density at radius 1 is 1.44 bits per heavy atom. The van der Waals surface area contributed by atoms with E-state index < -0.39 is 6.10 Å². The molecular formula is C12H18FNO2. The van der Waals surface area contributed by atoms with Crippen molar-refractivity contribution in [3.63, 3.8) is 0 Å². The first-order valence-corrected chi connectivity index (χ1v) is 5.32. The van der Waals surface area contributed by atoms with Gasteiger partial charge in [0.15, 0.2) is 0 Å². The molecule has 0 aliphatic carbocycles. The van der Waals surface area contributed by atoms with Crippen LogP contribution < -0.4 is 10.1 Å². The van der Waals surface area contributed by atoms with E-state index in [1.165, 1.54) is 12.1 Å². The van der Waals surface area contributed by atoms with Crippen molar-refractivity contribution in [3.8, 4) is 5.75 Å². The molecule has 0 aliphatic heterocycles. The topological polar surface area (TPSA) is 41.5 Å². The number of aliphatic hydroxyl groups excluding tert-OH is 1. The molecule has 2 atom stereocenters. The van der Waals surface area contributed by atoms with Gasteiger partial charge in [-0.25, -0.2) is 4.39 Å². The van der Waals surface area contributed by atoms with E-state index >= 15 is 0 Å². The summed E-state index contributed by atoms with van der Waals surface area (Å²) in [4.78, 5) is 0. The quantitative estimate of drug-likeness (QED) is 0.806. The van der Waals surface area contributed by atoms with Crippen molar-refractivity contribution in [1.29, 1.82) is 0 Å². The maximum atomic E-state index is 13.1. The predicted molar refractivity (Wildman–Crippen MR) is 61.1 cm³/mol. The standard InChI is InChI=1S/C12H18FNO2/c1-8(15)7-16-12-5-4-10(13)6-11(12)9(2)14-3/h4-6,8-9,14-15H,7H2,1-3H3. The molecule has 0 heterocycles. The second-order valence-corrected chi connectivity index (χ2v) is 3.85. The van der Waals surface area contributed by atoms with Crippen molar-refractivity contribution >= 4 is 0 Å². The molecule has 3 nitrogen and oxygen atoms in total. The van der Waals surface area contributed by atoms with Gasteiger partial charge in [-0.05, 0) is 39.1 Å². The van der Waals surface area contributed by atoms with E-state index in [2.05, 4.69) is 5.32 Å². The van der Waals surface area contributed by atoms with E-state index in [0.717, 1.165) is 5.56 Å². The summed E-state index contributed by atoms with van der Waals surface area (Å²) in [6.07, 6.45) is -0.539. The minimum Gasteiger partial charge on any atom is -0.491 e. The summed E-state index contributed by atoms with van der Waals surface area (Å²) in [6, 6.07) is 4.38. The van der Waals surface area contributed by atoms with Gasteiger partial charge < -0.3 is 15.2 Å². The zero-order chi connectivity index (χ0) is 12.1. The molecule has 0 bridgehead atoms. The molecule has 0 fully saturated rings. The van der Waals surface area contributed by atoms with Crippen LogP contribution in [0.1, 0.15) is 25.5 Å². The number of rotatable bonds is 5. The van der Waals surface area contributed by atoms with Crippen molar-refractivity contribution < 1.29 is 14.2 Å². The summed E-state index contributed by atoms with van der Waals surface area (Å²) < 4.78 is 18.5. The maximum absolute atomic E-state index is 13.1. The minimum atomic E-state index is -0.539. The Kier molecular flexibility index (Phi) is 4.71. The first-order chi connectivity index (χ1) is 7.54. The summed E-state index contributed by atoms with van der Waals surface area (Å²) in [5, 5.41) is 12.2. The predicted octanol–water partition coefficient (Wildman–Crippen LogP) is 1.87. The van der Waals surface area contributed by atoms with Gasteiger partial charge >= 0.3 is 0 Å². The number of hydrogen-bond acceptors (Lipinski definition) is 3. The Bertz CT molecular complexity index is 342. The molecule has 0 saturated carbocycles. The molecule has 0 saturated heterocycles. The lowest BCUT2D eigenvalue weighted by atomic mass is 10.1. The smallest absolute Gasteiger partial charge is 0.124 e. The summed E-state index contributed by atoms with van der Waals surface area (Å²) in [5.74, 6) is 0.311. The van der Waals surface area contributed by atoms with E-state index in [4.69, 9.17) is 9.84 Å². The first kappa shape index (κ1) is 12.9. The zero-order valence-electron chi connectivity index (χ0n) is 9.83. The lowest BCUT2D eigenvalue weighted by molar-refractivity contribution is 0.121. The van der Waals surface area contributed by atoms with Crippen LogP contribution >= 0.6 is 0 Å². The Balaban J connectivity index is 2.89. The Hall–Kier alpha value is -1.13. The first-order valence-electron chi connectivity index (χ1n) is 5.32. The van der Waals surface area contributed by atoms with Crippen LogP contribution in [0.4, 0.5) is 4.39 Å². The van der Waals surface area contributed by atoms with Crippen LogP contribution in [-0.4, -0.2) is 24.9 Å². The third-order valence-corrected chi connectivity index (χ3v) is 2.35. The van der Waals surface area contributed by atoms with Crippen molar-refractivity contribution in [2.75, 3.05) is 13.7 Å². The van der Waals surface area contributed by atoms with Crippen LogP contribution in [-0.2, 0) is 0 Å². The van der Waals surface area contributed by atoms with Crippen LogP contribution in [0.25, 0.3) is 0 Å². The molecule has 2 unspecified atom stereocenters. The Labute approximate surface area is 95.2 Å². The van der Waals surface area contributed by atoms with Gasteiger partial charge in [-0.1, -0.05) is 0 Å². The third-order valence-electron chi connectivity index (χ3n) is 2.35. The van der Waals surface area contributed by atoms with Gasteiger partial charge in [-0.3, -0.25) is 0 Å². The largest absolute Gasteiger partial charge is 0.491 e. The van der Waals surface area contributed by atoms with Crippen molar-refractivity contribution in [2.45, 2.75) is 26.0 Å². The molecular weight excluding hydrogens is 209 g/mol. The SMILES string of the molecule is CNC(C)c1cc(F)ccc1OCC(C)O. The molecule has 16 heavy (non-hydrogen) atoms. The molecule has 0 radical (unpaired) electrons. The summed E-state index contributed by atoms with van der Waals surface area (Å²) in [5.41, 5.74) is 0.753. The fourth-order valence-electron chi connectivity index (χ4n) is 1.36. The summed E-state index contributed by atoms with van der Waals surface area (Å²) >= 11 is 0. The van der Waals surface area contributed by atoms with E-state index in [1.807, 2.05) is 6.92 Å². The lowest BCUT2D eigenvalue weighted by Gasteiger charge is -2.17. The monoisotopic (exact) mass is 227 g/mol. The Morgan fingerprint density at radius 2 is 2.12 bits per heavy atom. The number of hydrogen-bond donors (Lipinski definition) is 2. The van der Waals surface area contributed by atoms with Gasteiger partial charge in [0.25, 0.3) is 0 Å². The number of ether oxygens (including phenoxy) is 1. The van der Waals surface area contributed by atoms with Gasteiger partial charge in [-0.2, -0.15) is 0 Å². The fourth-order valence-corrected chi connectivity index (χ4v) is 1.36. The molecule has 1 aromatic rings. The molecule has 0 aromatic heterocycles. The van der Waals surface area contributed by atoms with E-state index in [9.17, 15) is 4.39 Å². The van der Waals surface area contributed by atoms with Crippen LogP contribution in [0, 0.1) is 5.82 Å². The van der Waals surface area contributed by atoms with E-state index in [0.29, 0.717) is 5.75 Å². The average Bonchev–Trinajstić information content (AvgIpc) is 2.26. The van der Waals surface area contributed by atoms with E-state index in [1.54, 1.807) is 20.0 Å². The zero-order valence-corrected chi connectivity index (χ0v) is 9.83. The number of halogens is 1. The van der Waals surface area contributed by atoms with Crippen molar-refractivity contribution in [1.82, 2.24) is 5.32 Å². The maximum Gasteiger partial charge on any atom is 0.124 e. The summed E-state index contributed by atoms with van der Waals surface area (Å²) in [7, 11) is 1.80. The number of nitrogens with one attached hydrogen (secondary N) is 1. The molecule has 1 rings (SSSR count). The van der Waals surface area contributed by atoms with Crippen molar-refractivity contribution in [3.05, 3.63) is 29.6 Å². The highest BCUT2D eigenvalue weighted by Crippen LogP contribution is 2.25. The lowest BCUT2D eigenvalue weighted by Crippen LogP contribution is -2.17. The van der Waals surface area contributed by atoms with Crippen LogP contribution in [0.2, 0.25) is 0 Å². The highest BCUT2D eigenvalue weighted by molar-refractivity contribution is 5.36. The highest BCUT2D eigenvalue weighted by Gasteiger charge is 2.11. The summed E-state index contributed by atoms with van der Waals surface area (Å²) in [6.45, 7) is 3.77. The molecule has 90 valence electrons. The van der Waals surface area contributed by atoms with Gasteiger partial charge in [0, 0.05) is 11.6 Å². The molecule has 0 spiro atoms. The fraction of sp³-hybridized carbons (Fsp3) is 0.500. The van der Waals surface area contributed by atoms with Gasteiger partial charge in [0.1, 0.15) is 18.2 Å². The van der Waals surface area contributed by atoms with E-state index in [-0.39, 0.29) is 18.5 Å². The molecule has 0 amide bonds. The van der Waals surface area contributed by atoms with Gasteiger partial charge in [0.05, 0.1) is 6.10 Å². The average molecular weight is 227 g/mol. The van der Waals surface area contributed by atoms with Crippen LogP contribution in [0.15, 0.2) is 18.2 Å². The second-order valence-electron chi connectivity index (χ2n) is 3.85. The van der Waals surface area contributed by atoms with Gasteiger partial charge in [-0.15, -0.1) is 0 Å². The molecule has 1 aromatic carbocycles. The normalized spacial score (nSPS) is 14.6. The highest BCUT2D eigenvalue weighted by atomic mass is 19.1. The third kappa shape index (κ3) is 3.47. The van der Waals surface area contributed by atoms with Crippen LogP contribution in [0.3, 0.4) is 0 Å². The Morgan fingerprint density at radius 3 is 2.69 bits per heavy atom. The van der Waals surface area contributed by atoms with Crippen molar-refractivity contribution in [2.24, 2.45) is 0 Å². The molecule has 0 aliphatic rings.